The number of ether oxygens (including phenoxy) is 1. The van der Waals surface area contributed by atoms with Gasteiger partial charge >= 0.3 is 0 Å². The molecule has 2 aromatic heterocycles. The van der Waals surface area contributed by atoms with E-state index in [4.69, 9.17) is 4.74 Å². The lowest BCUT2D eigenvalue weighted by Crippen LogP contribution is -2.48. The fourth-order valence-corrected chi connectivity index (χ4v) is 7.82. The molecule has 3 atom stereocenters. The second kappa shape index (κ2) is 11.5. The summed E-state index contributed by atoms with van der Waals surface area (Å²) >= 11 is 1.18. The van der Waals surface area contributed by atoms with E-state index in [0.717, 1.165) is 27.6 Å². The molecule has 0 fully saturated rings. The van der Waals surface area contributed by atoms with Gasteiger partial charge in [0.1, 0.15) is 9.90 Å². The van der Waals surface area contributed by atoms with Gasteiger partial charge in [0.05, 0.1) is 25.4 Å². The van der Waals surface area contributed by atoms with Crippen LogP contribution in [0.3, 0.4) is 0 Å². The summed E-state index contributed by atoms with van der Waals surface area (Å²) in [5.74, 6) is -0.417. The molecule has 5 rings (SSSR count). The molecule has 3 heterocycles. The number of fused-ring (bicyclic) bond motifs is 5. The lowest BCUT2D eigenvalue weighted by atomic mass is 9.96. The number of benzene rings is 2. The Balaban J connectivity index is 1.63. The highest BCUT2D eigenvalue weighted by Crippen LogP contribution is 2.38. The minimum absolute atomic E-state index is 0.120. The number of nitrogens with zero attached hydrogens (tertiary/aromatic N) is 3. The molecule has 1 aliphatic heterocycles. The fourth-order valence-electron chi connectivity index (χ4n) is 5.44. The van der Waals surface area contributed by atoms with Crippen LogP contribution in [-0.2, 0) is 28.4 Å². The molecule has 0 radical (unpaired) electrons. The average Bonchev–Trinajstić information content (AvgIpc) is 3.60. The molecule has 0 aliphatic carbocycles. The first-order chi connectivity index (χ1) is 19.1. The van der Waals surface area contributed by atoms with Crippen LogP contribution in [0.25, 0.3) is 22.0 Å². The first-order valence-electron chi connectivity index (χ1n) is 13.3. The van der Waals surface area contributed by atoms with Crippen molar-refractivity contribution in [2.24, 2.45) is 13.0 Å². The van der Waals surface area contributed by atoms with Crippen molar-refractivity contribution in [1.82, 2.24) is 13.8 Å². The van der Waals surface area contributed by atoms with Crippen LogP contribution in [-0.4, -0.2) is 72.1 Å². The van der Waals surface area contributed by atoms with Crippen molar-refractivity contribution in [2.45, 2.75) is 36.8 Å². The van der Waals surface area contributed by atoms with Gasteiger partial charge in [-0.2, -0.15) is 4.31 Å². The van der Waals surface area contributed by atoms with Gasteiger partial charge in [-0.25, -0.2) is 8.42 Å². The Morgan fingerprint density at radius 2 is 1.85 bits per heavy atom. The summed E-state index contributed by atoms with van der Waals surface area (Å²) in [6.07, 6.45) is -0.507. The van der Waals surface area contributed by atoms with E-state index in [9.17, 15) is 18.3 Å². The summed E-state index contributed by atoms with van der Waals surface area (Å²) in [4.78, 5) is 16.1. The largest absolute Gasteiger partial charge is 0.394 e. The highest BCUT2D eigenvalue weighted by Gasteiger charge is 2.35. The van der Waals surface area contributed by atoms with Crippen molar-refractivity contribution in [3.63, 3.8) is 0 Å². The Morgan fingerprint density at radius 3 is 2.58 bits per heavy atom. The minimum Gasteiger partial charge on any atom is -0.394 e. The number of para-hydroxylation sites is 1. The summed E-state index contributed by atoms with van der Waals surface area (Å²) in [7, 11) is -0.226. The molecule has 0 spiro atoms. The van der Waals surface area contributed by atoms with E-state index in [1.165, 1.54) is 15.6 Å². The van der Waals surface area contributed by atoms with Crippen molar-refractivity contribution in [2.75, 3.05) is 26.7 Å². The van der Waals surface area contributed by atoms with Crippen molar-refractivity contribution in [1.29, 1.82) is 0 Å². The van der Waals surface area contributed by atoms with Gasteiger partial charge in [0.2, 0.25) is 0 Å². The number of amides is 1. The molecule has 4 aromatic rings. The zero-order chi connectivity index (χ0) is 28.6. The number of hydrogen-bond acceptors (Lipinski definition) is 6. The van der Waals surface area contributed by atoms with Crippen LogP contribution in [0.2, 0.25) is 0 Å². The molecule has 0 bridgehead atoms. The van der Waals surface area contributed by atoms with E-state index in [2.05, 4.69) is 0 Å². The summed E-state index contributed by atoms with van der Waals surface area (Å²) in [5, 5.41) is 12.9. The molecular formula is C30H35N3O5S2. The predicted octanol–water partition coefficient (Wildman–Crippen LogP) is 4.59. The Morgan fingerprint density at radius 1 is 1.12 bits per heavy atom. The maximum atomic E-state index is 14.4. The van der Waals surface area contributed by atoms with Crippen LogP contribution < -0.4 is 0 Å². The number of aryl methyl sites for hydroxylation is 1. The molecule has 0 unspecified atom stereocenters. The van der Waals surface area contributed by atoms with Crippen molar-refractivity contribution < 1.29 is 23.1 Å². The molecule has 40 heavy (non-hydrogen) atoms. The van der Waals surface area contributed by atoms with Crippen LogP contribution in [0.4, 0.5) is 0 Å². The highest BCUT2D eigenvalue weighted by atomic mass is 32.2. The van der Waals surface area contributed by atoms with Crippen molar-refractivity contribution >= 4 is 38.2 Å². The Kier molecular flexibility index (Phi) is 8.17. The van der Waals surface area contributed by atoms with Crippen molar-refractivity contribution in [3.8, 4) is 11.1 Å². The van der Waals surface area contributed by atoms with E-state index in [1.807, 2.05) is 74.0 Å². The monoisotopic (exact) mass is 581 g/mol. The Bertz CT molecular complexity index is 1610. The van der Waals surface area contributed by atoms with Crippen LogP contribution in [0.15, 0.2) is 70.3 Å². The molecule has 1 aliphatic rings. The second-order valence-corrected chi connectivity index (χ2v) is 13.7. The van der Waals surface area contributed by atoms with Crippen LogP contribution in [0, 0.1) is 5.92 Å². The van der Waals surface area contributed by atoms with Gasteiger partial charge < -0.3 is 19.3 Å². The predicted molar refractivity (Wildman–Crippen MR) is 158 cm³/mol. The third-order valence-electron chi connectivity index (χ3n) is 7.82. The SMILES string of the molecule is C[C@H](CO)N1C[C@H](C)[C@@H](CN(C)S(=O)(=O)c2cccs2)OCc2ccccc2-c2c(n(C)c3ccccc23)C1=O. The number of carbonyl (C=O) groups excluding carboxylic acids is 1. The average molecular weight is 582 g/mol. The van der Waals surface area contributed by atoms with Gasteiger partial charge in [0, 0.05) is 49.6 Å². The first-order valence-corrected chi connectivity index (χ1v) is 15.7. The van der Waals surface area contributed by atoms with Gasteiger partial charge in [0.25, 0.3) is 15.9 Å². The number of likely N-dealkylation sites (N-methyl/N-ethyl adjacent to an activating group) is 1. The lowest BCUT2D eigenvalue weighted by molar-refractivity contribution is -0.0147. The van der Waals surface area contributed by atoms with E-state index in [0.29, 0.717) is 5.69 Å². The van der Waals surface area contributed by atoms with Gasteiger partial charge in [-0.15, -0.1) is 11.3 Å². The van der Waals surface area contributed by atoms with Gasteiger partial charge in [-0.1, -0.05) is 55.5 Å². The van der Waals surface area contributed by atoms with Gasteiger partial charge in [0.15, 0.2) is 0 Å². The number of sulfonamides is 1. The second-order valence-electron chi connectivity index (χ2n) is 10.5. The molecule has 2 aromatic carbocycles. The summed E-state index contributed by atoms with van der Waals surface area (Å²) in [6, 6.07) is 18.7. The number of hydrogen-bond donors (Lipinski definition) is 1. The Hall–Kier alpha value is -3.02. The van der Waals surface area contributed by atoms with Crippen LogP contribution in [0.1, 0.15) is 29.9 Å². The number of aliphatic hydroxyl groups excluding tert-OH is 1. The number of aliphatic hydroxyl groups is 1. The number of carbonyl (C=O) groups is 1. The normalized spacial score (nSPS) is 19.4. The molecule has 212 valence electrons. The molecule has 1 amide bonds. The topological polar surface area (TPSA) is 92.1 Å². The van der Waals surface area contributed by atoms with Crippen molar-refractivity contribution in [3.05, 3.63) is 77.3 Å². The third kappa shape index (κ3) is 5.10. The fraction of sp³-hybridized carbons (Fsp3) is 0.367. The smallest absolute Gasteiger partial charge is 0.271 e. The maximum absolute atomic E-state index is 14.4. The number of rotatable bonds is 6. The number of aromatic nitrogens is 1. The van der Waals surface area contributed by atoms with E-state index in [-0.39, 0.29) is 42.3 Å². The summed E-state index contributed by atoms with van der Waals surface area (Å²) < 4.78 is 36.5. The zero-order valence-electron chi connectivity index (χ0n) is 23.1. The molecule has 8 nitrogen and oxygen atoms in total. The molecule has 0 saturated heterocycles. The number of thiophene rings is 1. The standard InChI is InChI=1S/C30H35N3O5S2/c1-20-16-33(21(2)18-34)30(35)29-28(24-12-7-8-13-25(24)32(29)4)23-11-6-5-10-22(23)19-38-26(20)17-31(3)40(36,37)27-14-9-15-39-27/h5-15,20-21,26,34H,16-19H2,1-4H3/t20-,21+,26+/m0/s1. The first kappa shape index (κ1) is 28.5. The van der Waals surface area contributed by atoms with Gasteiger partial charge in [-0.05, 0) is 35.6 Å². The van der Waals surface area contributed by atoms with Crippen LogP contribution >= 0.6 is 11.3 Å². The van der Waals surface area contributed by atoms with Crippen LogP contribution in [0.5, 0.6) is 0 Å². The van der Waals surface area contributed by atoms with Gasteiger partial charge in [-0.3, -0.25) is 4.79 Å². The van der Waals surface area contributed by atoms with E-state index >= 15 is 0 Å². The third-order valence-corrected chi connectivity index (χ3v) is 11.0. The zero-order valence-corrected chi connectivity index (χ0v) is 24.8. The molecule has 0 saturated carbocycles. The maximum Gasteiger partial charge on any atom is 0.271 e. The summed E-state index contributed by atoms with van der Waals surface area (Å²) in [5.41, 5.74) is 4.14. The molecule has 1 N–H and O–H groups in total. The highest BCUT2D eigenvalue weighted by molar-refractivity contribution is 7.91. The summed E-state index contributed by atoms with van der Waals surface area (Å²) in [6.45, 7) is 4.25. The Labute approximate surface area is 239 Å². The quantitative estimate of drug-likeness (QED) is 0.360. The molecular weight excluding hydrogens is 546 g/mol. The molecule has 10 heteroatoms. The van der Waals surface area contributed by atoms with E-state index < -0.39 is 22.2 Å². The minimum atomic E-state index is -3.69. The van der Waals surface area contributed by atoms with E-state index in [1.54, 1.807) is 29.5 Å². The lowest BCUT2D eigenvalue weighted by Gasteiger charge is -2.34.